The van der Waals surface area contributed by atoms with Crippen molar-refractivity contribution in [3.8, 4) is 16.9 Å². The van der Waals surface area contributed by atoms with Crippen LogP contribution < -0.4 is 4.74 Å². The number of ether oxygens (including phenoxy) is 1. The summed E-state index contributed by atoms with van der Waals surface area (Å²) in [5.74, 6) is 0.666. The van der Waals surface area contributed by atoms with Crippen molar-refractivity contribution < 1.29 is 9.84 Å². The number of benzene rings is 3. The lowest BCUT2D eigenvalue weighted by molar-refractivity contribution is 0.0985. The normalized spacial score (nSPS) is 10.9. The van der Waals surface area contributed by atoms with E-state index in [1.807, 2.05) is 24.3 Å². The molecule has 2 nitrogen and oxygen atoms in total. The minimum absolute atomic E-state index is 0.304. The van der Waals surface area contributed by atoms with Gasteiger partial charge in [0.2, 0.25) is 0 Å². The molecule has 0 unspecified atom stereocenters. The molecule has 0 aromatic heterocycles. The van der Waals surface area contributed by atoms with E-state index in [0.717, 1.165) is 11.1 Å². The Morgan fingerprint density at radius 2 is 1.17 bits per heavy atom. The lowest BCUT2D eigenvalue weighted by Gasteiger charge is -2.05. The fourth-order valence-corrected chi connectivity index (χ4v) is 2.47. The largest absolute Gasteiger partial charge is 0.468 e. The zero-order valence-electron chi connectivity index (χ0n) is 13.6. The minimum atomic E-state index is -0.304. The van der Waals surface area contributed by atoms with E-state index in [1.54, 1.807) is 0 Å². The molecule has 0 heterocycles. The third-order valence-electron chi connectivity index (χ3n) is 3.88. The third kappa shape index (κ3) is 4.12. The maximum absolute atomic E-state index is 8.75. The molecule has 3 rings (SSSR count). The van der Waals surface area contributed by atoms with Crippen molar-refractivity contribution in [3.63, 3.8) is 0 Å². The molecule has 1 N–H and O–H groups in total. The smallest absolute Gasteiger partial charge is 0.186 e. The Morgan fingerprint density at radius 1 is 0.708 bits per heavy atom. The summed E-state index contributed by atoms with van der Waals surface area (Å²) >= 11 is 0. The van der Waals surface area contributed by atoms with Crippen LogP contribution in [0.1, 0.15) is 16.7 Å². The van der Waals surface area contributed by atoms with Crippen LogP contribution in [0.3, 0.4) is 0 Å². The van der Waals surface area contributed by atoms with E-state index in [4.69, 9.17) is 9.84 Å². The number of aryl methyl sites for hydroxylation is 1. The van der Waals surface area contributed by atoms with Gasteiger partial charge in [-0.25, -0.2) is 0 Å². The van der Waals surface area contributed by atoms with Crippen molar-refractivity contribution in [2.24, 2.45) is 0 Å². The lowest BCUT2D eigenvalue weighted by Crippen LogP contribution is -1.93. The van der Waals surface area contributed by atoms with Crippen molar-refractivity contribution in [1.82, 2.24) is 0 Å². The average Bonchev–Trinajstić information content (AvgIpc) is 2.63. The van der Waals surface area contributed by atoms with Crippen LogP contribution in [0.4, 0.5) is 0 Å². The first-order chi connectivity index (χ1) is 11.7. The van der Waals surface area contributed by atoms with Crippen LogP contribution in [0, 0.1) is 6.92 Å². The first-order valence-corrected chi connectivity index (χ1v) is 7.93. The number of aliphatic hydroxyl groups excluding tert-OH is 1. The summed E-state index contributed by atoms with van der Waals surface area (Å²) in [6, 6.07) is 24.6. The summed E-state index contributed by atoms with van der Waals surface area (Å²) in [5.41, 5.74) is 5.91. The van der Waals surface area contributed by atoms with Crippen LogP contribution in [0.5, 0.6) is 5.75 Å². The molecule has 0 saturated carbocycles. The Bertz CT molecular complexity index is 798. The molecule has 0 fully saturated rings. The average molecular weight is 316 g/mol. The van der Waals surface area contributed by atoms with Gasteiger partial charge >= 0.3 is 0 Å². The van der Waals surface area contributed by atoms with Gasteiger partial charge < -0.3 is 9.84 Å². The van der Waals surface area contributed by atoms with Crippen LogP contribution in [0.2, 0.25) is 0 Å². The molecule has 0 amide bonds. The zero-order valence-corrected chi connectivity index (χ0v) is 13.6. The van der Waals surface area contributed by atoms with Gasteiger partial charge in [0.25, 0.3) is 0 Å². The Balaban J connectivity index is 1.71. The Kier molecular flexibility index (Phi) is 5.09. The van der Waals surface area contributed by atoms with Gasteiger partial charge in [0.05, 0.1) is 0 Å². The van der Waals surface area contributed by atoms with Crippen molar-refractivity contribution in [2.45, 2.75) is 6.92 Å². The summed E-state index contributed by atoms with van der Waals surface area (Å²) in [5, 5.41) is 8.75. The Labute approximate surface area is 142 Å². The predicted molar refractivity (Wildman–Crippen MR) is 99.7 cm³/mol. The Hall–Kier alpha value is -2.84. The molecule has 0 atom stereocenters. The topological polar surface area (TPSA) is 29.5 Å². The summed E-state index contributed by atoms with van der Waals surface area (Å²) in [6.07, 6.45) is 4.24. The summed E-state index contributed by atoms with van der Waals surface area (Å²) in [4.78, 5) is 0. The van der Waals surface area contributed by atoms with Crippen molar-refractivity contribution >= 4 is 12.2 Å². The van der Waals surface area contributed by atoms with Crippen molar-refractivity contribution in [2.75, 3.05) is 6.79 Å². The molecule has 3 aromatic rings. The fraction of sp³-hybridized carbons (Fsp3) is 0.0909. The first kappa shape index (κ1) is 16.0. The van der Waals surface area contributed by atoms with E-state index in [9.17, 15) is 0 Å². The molecule has 0 aliphatic rings. The van der Waals surface area contributed by atoms with Gasteiger partial charge in [0.15, 0.2) is 6.79 Å². The SMILES string of the molecule is Cc1ccc(C=Cc2ccc(-c3ccc(OCO)cc3)cc2)cc1. The summed E-state index contributed by atoms with van der Waals surface area (Å²) in [7, 11) is 0. The second-order valence-electron chi connectivity index (χ2n) is 5.66. The van der Waals surface area contributed by atoms with E-state index in [2.05, 4.69) is 67.6 Å². The number of hydrogen-bond donors (Lipinski definition) is 1. The maximum Gasteiger partial charge on any atom is 0.186 e. The summed E-state index contributed by atoms with van der Waals surface area (Å²) < 4.78 is 5.04. The van der Waals surface area contributed by atoms with Crippen LogP contribution in [0.15, 0.2) is 72.8 Å². The lowest BCUT2D eigenvalue weighted by atomic mass is 10.0. The third-order valence-corrected chi connectivity index (χ3v) is 3.88. The van der Waals surface area contributed by atoms with Gasteiger partial charge in [-0.2, -0.15) is 0 Å². The Morgan fingerprint density at radius 3 is 1.67 bits per heavy atom. The molecule has 24 heavy (non-hydrogen) atoms. The van der Waals surface area contributed by atoms with E-state index < -0.39 is 0 Å². The van der Waals surface area contributed by atoms with E-state index >= 15 is 0 Å². The van der Waals surface area contributed by atoms with Crippen molar-refractivity contribution in [1.29, 1.82) is 0 Å². The molecule has 0 saturated heterocycles. The highest BCUT2D eigenvalue weighted by Gasteiger charge is 1.99. The molecular formula is C22H20O2. The molecule has 2 heteroatoms. The van der Waals surface area contributed by atoms with Crippen LogP contribution in [-0.2, 0) is 0 Å². The predicted octanol–water partition coefficient (Wildman–Crippen LogP) is 5.16. The number of aliphatic hydroxyl groups is 1. The molecule has 0 spiro atoms. The van der Waals surface area contributed by atoms with Crippen LogP contribution in [0.25, 0.3) is 23.3 Å². The van der Waals surface area contributed by atoms with Gasteiger partial charge in [-0.15, -0.1) is 0 Å². The molecule has 0 aliphatic heterocycles. The quantitative estimate of drug-likeness (QED) is 0.520. The van der Waals surface area contributed by atoms with Crippen molar-refractivity contribution in [3.05, 3.63) is 89.5 Å². The fourth-order valence-electron chi connectivity index (χ4n) is 2.47. The molecule has 0 aliphatic carbocycles. The van der Waals surface area contributed by atoms with Crippen LogP contribution >= 0.6 is 0 Å². The maximum atomic E-state index is 8.75. The molecule has 0 radical (unpaired) electrons. The molecule has 120 valence electrons. The van der Waals surface area contributed by atoms with Gasteiger partial charge in [0, 0.05) is 0 Å². The summed E-state index contributed by atoms with van der Waals surface area (Å²) in [6.45, 7) is 1.79. The van der Waals surface area contributed by atoms with Gasteiger partial charge in [0.1, 0.15) is 5.75 Å². The zero-order chi connectivity index (χ0) is 16.8. The van der Waals surface area contributed by atoms with Gasteiger partial charge in [-0.1, -0.05) is 78.4 Å². The first-order valence-electron chi connectivity index (χ1n) is 7.93. The monoisotopic (exact) mass is 316 g/mol. The second-order valence-corrected chi connectivity index (χ2v) is 5.66. The van der Waals surface area contributed by atoms with E-state index in [-0.39, 0.29) is 6.79 Å². The second kappa shape index (κ2) is 7.62. The van der Waals surface area contributed by atoms with E-state index in [0.29, 0.717) is 5.75 Å². The van der Waals surface area contributed by atoms with Gasteiger partial charge in [-0.3, -0.25) is 0 Å². The highest BCUT2D eigenvalue weighted by Crippen LogP contribution is 2.23. The highest BCUT2D eigenvalue weighted by atomic mass is 16.6. The standard InChI is InChI=1S/C22H20O2/c1-17-2-4-18(5-3-17)6-7-19-8-10-20(11-9-19)21-12-14-22(15-13-21)24-16-23/h2-15,23H,16H2,1H3. The van der Waals surface area contributed by atoms with Crippen LogP contribution in [-0.4, -0.2) is 11.9 Å². The molecule has 3 aromatic carbocycles. The minimum Gasteiger partial charge on any atom is -0.468 e. The highest BCUT2D eigenvalue weighted by molar-refractivity contribution is 5.72. The molecular weight excluding hydrogens is 296 g/mol. The molecule has 0 bridgehead atoms. The number of rotatable bonds is 5. The number of hydrogen-bond acceptors (Lipinski definition) is 2. The van der Waals surface area contributed by atoms with E-state index in [1.165, 1.54) is 16.7 Å². The van der Waals surface area contributed by atoms with Gasteiger partial charge in [-0.05, 0) is 41.3 Å².